The first-order chi connectivity index (χ1) is 17.9. The van der Waals surface area contributed by atoms with Gasteiger partial charge in [-0.2, -0.15) is 0 Å². The number of hydrogen-bond acceptors (Lipinski definition) is 8. The highest BCUT2D eigenvalue weighted by Gasteiger charge is 2.27. The molecule has 8 heteroatoms. The third-order valence-corrected chi connectivity index (χ3v) is 5.95. The number of hydrogen-bond donors (Lipinski definition) is 0. The first-order valence-electron chi connectivity index (χ1n) is 12.8. The van der Waals surface area contributed by atoms with Crippen molar-refractivity contribution in [2.45, 2.75) is 66.3 Å². The number of ether oxygens (including phenoxy) is 5. The minimum atomic E-state index is -0.674. The van der Waals surface area contributed by atoms with Crippen LogP contribution in [0.15, 0.2) is 40.8 Å². The second kappa shape index (κ2) is 12.1. The van der Waals surface area contributed by atoms with E-state index in [0.29, 0.717) is 37.9 Å². The molecule has 2 aromatic carbocycles. The lowest BCUT2D eigenvalue weighted by Crippen LogP contribution is -2.29. The summed E-state index contributed by atoms with van der Waals surface area (Å²) in [4.78, 5) is 17.0. The van der Waals surface area contributed by atoms with E-state index >= 15 is 0 Å². The number of oxazole rings is 1. The summed E-state index contributed by atoms with van der Waals surface area (Å²) in [6.07, 6.45) is 0.544. The molecule has 0 radical (unpaired) electrons. The van der Waals surface area contributed by atoms with Crippen LogP contribution in [0.3, 0.4) is 0 Å². The quantitative estimate of drug-likeness (QED) is 0.297. The van der Waals surface area contributed by atoms with E-state index < -0.39 is 6.10 Å². The van der Waals surface area contributed by atoms with Crippen LogP contribution in [0.25, 0.3) is 11.5 Å². The maximum atomic E-state index is 12.3. The van der Waals surface area contributed by atoms with Crippen molar-refractivity contribution >= 4 is 5.97 Å². The Bertz CT molecular complexity index is 1200. The minimum absolute atomic E-state index is 0.114. The molecule has 0 saturated heterocycles. The second-order valence-corrected chi connectivity index (χ2v) is 9.03. The second-order valence-electron chi connectivity index (χ2n) is 9.03. The SMILES string of the molecule is CCOC(=O)C(Cc1ccc(OCc2nc(-c3ccc(OC(C)C)cc3)oc2C)c2c1OCC2)OCC. The van der Waals surface area contributed by atoms with Crippen LogP contribution in [0.4, 0.5) is 0 Å². The zero-order chi connectivity index (χ0) is 26.4. The van der Waals surface area contributed by atoms with Crippen molar-refractivity contribution in [3.05, 3.63) is 59.0 Å². The summed E-state index contributed by atoms with van der Waals surface area (Å²) in [5.74, 6) is 3.18. The van der Waals surface area contributed by atoms with Crippen LogP contribution in [-0.2, 0) is 33.7 Å². The summed E-state index contributed by atoms with van der Waals surface area (Å²) in [7, 11) is 0. The van der Waals surface area contributed by atoms with Gasteiger partial charge in [-0.15, -0.1) is 0 Å². The van der Waals surface area contributed by atoms with Gasteiger partial charge in [0.2, 0.25) is 5.89 Å². The number of fused-ring (bicyclic) bond motifs is 1. The molecule has 2 heterocycles. The van der Waals surface area contributed by atoms with Crippen molar-refractivity contribution in [3.8, 4) is 28.7 Å². The molecule has 1 aliphatic rings. The molecule has 4 rings (SSSR count). The molecule has 0 aliphatic carbocycles. The van der Waals surface area contributed by atoms with Crippen molar-refractivity contribution in [1.29, 1.82) is 0 Å². The number of rotatable bonds is 12. The van der Waals surface area contributed by atoms with Crippen LogP contribution in [0.5, 0.6) is 17.2 Å². The normalized spacial score (nSPS) is 13.2. The summed E-state index contributed by atoms with van der Waals surface area (Å²) < 4.78 is 34.5. The maximum Gasteiger partial charge on any atom is 0.335 e. The number of carbonyl (C=O) groups excluding carboxylic acids is 1. The zero-order valence-electron chi connectivity index (χ0n) is 22.2. The van der Waals surface area contributed by atoms with Crippen molar-refractivity contribution in [3.63, 3.8) is 0 Å². The lowest BCUT2D eigenvalue weighted by atomic mass is 10.0. The summed E-state index contributed by atoms with van der Waals surface area (Å²) in [5, 5.41) is 0. The van der Waals surface area contributed by atoms with E-state index in [4.69, 9.17) is 28.1 Å². The van der Waals surface area contributed by atoms with Gasteiger partial charge in [0.25, 0.3) is 0 Å². The topological polar surface area (TPSA) is 89.3 Å². The van der Waals surface area contributed by atoms with Gasteiger partial charge in [-0.25, -0.2) is 9.78 Å². The predicted octanol–water partition coefficient (Wildman–Crippen LogP) is 5.46. The van der Waals surface area contributed by atoms with E-state index in [9.17, 15) is 4.79 Å². The van der Waals surface area contributed by atoms with Gasteiger partial charge in [-0.05, 0) is 70.5 Å². The van der Waals surface area contributed by atoms with Crippen LogP contribution in [0.1, 0.15) is 50.3 Å². The van der Waals surface area contributed by atoms with E-state index in [-0.39, 0.29) is 18.7 Å². The average molecular weight is 510 g/mol. The lowest BCUT2D eigenvalue weighted by Gasteiger charge is -2.18. The molecule has 1 aliphatic heterocycles. The Morgan fingerprint density at radius 3 is 2.57 bits per heavy atom. The van der Waals surface area contributed by atoms with E-state index in [1.807, 2.05) is 64.1 Å². The summed E-state index contributed by atoms with van der Waals surface area (Å²) in [5.41, 5.74) is 3.48. The van der Waals surface area contributed by atoms with Crippen LogP contribution < -0.4 is 14.2 Å². The predicted molar refractivity (Wildman–Crippen MR) is 138 cm³/mol. The standard InChI is InChI=1S/C29H35NO7/c1-6-32-26(29(31)33-7-2)16-21-10-13-25(23-14-15-34-27(21)23)35-17-24-19(5)37-28(30-24)20-8-11-22(12-9-20)36-18(3)4/h8-13,18,26H,6-7,14-17H2,1-5H3. The van der Waals surface area contributed by atoms with Gasteiger partial charge in [-0.3, -0.25) is 0 Å². The fourth-order valence-electron chi connectivity index (χ4n) is 4.25. The Hall–Kier alpha value is -3.52. The van der Waals surface area contributed by atoms with Crippen molar-refractivity contribution < 1.29 is 32.9 Å². The number of nitrogens with zero attached hydrogens (tertiary/aromatic N) is 1. The first-order valence-corrected chi connectivity index (χ1v) is 12.8. The molecule has 0 saturated carbocycles. The maximum absolute atomic E-state index is 12.3. The molecule has 0 fully saturated rings. The van der Waals surface area contributed by atoms with E-state index in [1.165, 1.54) is 0 Å². The Kier molecular flexibility index (Phi) is 8.71. The van der Waals surface area contributed by atoms with E-state index in [1.54, 1.807) is 6.92 Å². The van der Waals surface area contributed by atoms with Gasteiger partial charge >= 0.3 is 5.97 Å². The van der Waals surface area contributed by atoms with Crippen LogP contribution in [-0.4, -0.2) is 43.0 Å². The average Bonchev–Trinajstić information content (AvgIpc) is 3.51. The van der Waals surface area contributed by atoms with Gasteiger partial charge in [0, 0.05) is 30.6 Å². The summed E-state index contributed by atoms with van der Waals surface area (Å²) in [6, 6.07) is 11.5. The van der Waals surface area contributed by atoms with Gasteiger partial charge < -0.3 is 28.1 Å². The van der Waals surface area contributed by atoms with Gasteiger partial charge in [0.1, 0.15) is 35.3 Å². The lowest BCUT2D eigenvalue weighted by molar-refractivity contribution is -0.156. The number of benzene rings is 2. The largest absolute Gasteiger partial charge is 0.493 e. The molecule has 0 spiro atoms. The number of aromatic nitrogens is 1. The van der Waals surface area contributed by atoms with Crippen LogP contribution in [0.2, 0.25) is 0 Å². The Morgan fingerprint density at radius 2 is 1.86 bits per heavy atom. The molecule has 3 aromatic rings. The van der Waals surface area contributed by atoms with Crippen molar-refractivity contribution in [2.75, 3.05) is 19.8 Å². The summed E-state index contributed by atoms with van der Waals surface area (Å²) in [6.45, 7) is 11.1. The highest BCUT2D eigenvalue weighted by molar-refractivity contribution is 5.75. The fourth-order valence-corrected chi connectivity index (χ4v) is 4.25. The van der Waals surface area contributed by atoms with Gasteiger partial charge in [0.05, 0.1) is 19.3 Å². The van der Waals surface area contributed by atoms with E-state index in [2.05, 4.69) is 4.98 Å². The number of aryl methyl sites for hydroxylation is 1. The van der Waals surface area contributed by atoms with Crippen molar-refractivity contribution in [2.24, 2.45) is 0 Å². The van der Waals surface area contributed by atoms with E-state index in [0.717, 1.165) is 46.1 Å². The van der Waals surface area contributed by atoms with Crippen LogP contribution in [0, 0.1) is 6.92 Å². The van der Waals surface area contributed by atoms with Crippen LogP contribution >= 0.6 is 0 Å². The molecule has 0 N–H and O–H groups in total. The zero-order valence-corrected chi connectivity index (χ0v) is 22.2. The molecule has 1 aromatic heterocycles. The molecule has 1 atom stereocenters. The molecular formula is C29H35NO7. The highest BCUT2D eigenvalue weighted by atomic mass is 16.6. The monoisotopic (exact) mass is 509 g/mol. The fraction of sp³-hybridized carbons (Fsp3) is 0.448. The molecule has 37 heavy (non-hydrogen) atoms. The molecule has 0 amide bonds. The molecule has 8 nitrogen and oxygen atoms in total. The molecular weight excluding hydrogens is 474 g/mol. The number of carbonyl (C=O) groups is 1. The third kappa shape index (κ3) is 6.43. The first kappa shape index (κ1) is 26.5. The molecule has 0 bridgehead atoms. The van der Waals surface area contributed by atoms with Crippen molar-refractivity contribution in [1.82, 2.24) is 4.98 Å². The Balaban J connectivity index is 1.46. The smallest absolute Gasteiger partial charge is 0.335 e. The third-order valence-electron chi connectivity index (χ3n) is 5.95. The summed E-state index contributed by atoms with van der Waals surface area (Å²) >= 11 is 0. The Labute approximate surface area is 217 Å². The minimum Gasteiger partial charge on any atom is -0.493 e. The molecule has 198 valence electrons. The Morgan fingerprint density at radius 1 is 1.08 bits per heavy atom. The van der Waals surface area contributed by atoms with Gasteiger partial charge in [0.15, 0.2) is 6.10 Å². The number of esters is 1. The highest BCUT2D eigenvalue weighted by Crippen LogP contribution is 2.38. The molecule has 1 unspecified atom stereocenters. The van der Waals surface area contributed by atoms with Gasteiger partial charge in [-0.1, -0.05) is 6.07 Å².